The summed E-state index contributed by atoms with van der Waals surface area (Å²) in [4.78, 5) is 24.1. The van der Waals surface area contributed by atoms with Gasteiger partial charge in [-0.3, -0.25) is 4.79 Å². The van der Waals surface area contributed by atoms with Gasteiger partial charge in [0.2, 0.25) is 5.91 Å². The lowest BCUT2D eigenvalue weighted by Crippen LogP contribution is -2.30. The van der Waals surface area contributed by atoms with Crippen molar-refractivity contribution in [1.82, 2.24) is 10.6 Å². The van der Waals surface area contributed by atoms with Crippen LogP contribution in [-0.2, 0) is 9.53 Å². The predicted octanol–water partition coefficient (Wildman–Crippen LogP) is 6.73. The van der Waals surface area contributed by atoms with Crippen LogP contribution in [0.1, 0.15) is 89.0 Å². The van der Waals surface area contributed by atoms with E-state index in [9.17, 15) is 9.59 Å². The number of ether oxygens (including phenoxy) is 1. The van der Waals surface area contributed by atoms with Gasteiger partial charge in [0.1, 0.15) is 6.10 Å². The van der Waals surface area contributed by atoms with E-state index in [2.05, 4.69) is 10.6 Å². The van der Waals surface area contributed by atoms with Gasteiger partial charge in [-0.2, -0.15) is 11.8 Å². The van der Waals surface area contributed by atoms with E-state index in [1.165, 1.54) is 51.4 Å². The summed E-state index contributed by atoms with van der Waals surface area (Å²) in [5.41, 5.74) is 1.01. The van der Waals surface area contributed by atoms with Gasteiger partial charge in [-0.25, -0.2) is 4.79 Å². The Hall–Kier alpha value is -1.95. The van der Waals surface area contributed by atoms with Gasteiger partial charge in [0.25, 0.3) is 0 Å². The number of hydrogen-bond donors (Lipinski definition) is 2. The highest BCUT2D eigenvalue weighted by atomic mass is 32.2. The van der Waals surface area contributed by atoms with E-state index >= 15 is 0 Å². The van der Waals surface area contributed by atoms with E-state index in [1.54, 1.807) is 17.8 Å². The number of hydrogen-bond acceptors (Lipinski definition) is 4. The number of amides is 2. The quantitative estimate of drug-likeness (QED) is 0.283. The summed E-state index contributed by atoms with van der Waals surface area (Å²) in [5, 5.41) is 5.81. The molecule has 2 rings (SSSR count). The zero-order chi connectivity index (χ0) is 24.1. The standard InChI is InChI=1S/C28H44N2O3S/c31-27(20-19-25-15-10-9-11-16-25)29-22-24-34-23-14-21-30-28(32)33-26-17-12-7-5-3-1-2-4-6-8-13-18-26/h9-11,15-16,19-20,26H,1-8,12-14,17-18,21-24H2,(H,29,31)(H,30,32)/b20-19+. The molecule has 6 heteroatoms. The maximum atomic E-state index is 12.2. The molecule has 1 aliphatic carbocycles. The molecule has 0 atom stereocenters. The topological polar surface area (TPSA) is 67.4 Å². The summed E-state index contributed by atoms with van der Waals surface area (Å²) >= 11 is 1.78. The number of rotatable bonds is 10. The Bertz CT molecular complexity index is 682. The highest BCUT2D eigenvalue weighted by Crippen LogP contribution is 2.18. The van der Waals surface area contributed by atoms with Gasteiger partial charge in [0.05, 0.1) is 0 Å². The first-order valence-electron chi connectivity index (χ1n) is 13.3. The molecule has 0 heterocycles. The third-order valence-electron chi connectivity index (χ3n) is 6.08. The number of carbonyl (C=O) groups is 2. The zero-order valence-corrected chi connectivity index (χ0v) is 21.6. The summed E-state index contributed by atoms with van der Waals surface area (Å²) in [6.07, 6.45) is 19.0. The highest BCUT2D eigenvalue weighted by Gasteiger charge is 2.14. The Labute approximate surface area is 210 Å². The Kier molecular flexibility index (Phi) is 16.1. The van der Waals surface area contributed by atoms with Crippen LogP contribution in [0.15, 0.2) is 36.4 Å². The first-order chi connectivity index (χ1) is 16.7. The van der Waals surface area contributed by atoms with Crippen LogP contribution in [0.5, 0.6) is 0 Å². The average molecular weight is 489 g/mol. The van der Waals surface area contributed by atoms with Crippen molar-refractivity contribution in [2.24, 2.45) is 0 Å². The normalized spacial score (nSPS) is 16.7. The molecule has 190 valence electrons. The fraction of sp³-hybridized carbons (Fsp3) is 0.643. The molecular formula is C28H44N2O3S. The number of alkyl carbamates (subject to hydrolysis) is 1. The minimum atomic E-state index is -0.267. The third-order valence-corrected chi connectivity index (χ3v) is 7.15. The summed E-state index contributed by atoms with van der Waals surface area (Å²) in [7, 11) is 0. The molecule has 1 aromatic rings. The minimum absolute atomic E-state index is 0.0645. The second-order valence-electron chi connectivity index (χ2n) is 9.07. The SMILES string of the molecule is O=C(/C=C/c1ccccc1)NCCSCCCNC(=O)OC1CCCCCCCCCCCC1. The van der Waals surface area contributed by atoms with Crippen molar-refractivity contribution in [2.45, 2.75) is 89.6 Å². The van der Waals surface area contributed by atoms with Gasteiger partial charge < -0.3 is 15.4 Å². The second kappa shape index (κ2) is 19.4. The largest absolute Gasteiger partial charge is 0.446 e. The second-order valence-corrected chi connectivity index (χ2v) is 10.3. The molecule has 0 radical (unpaired) electrons. The first kappa shape index (κ1) is 28.3. The van der Waals surface area contributed by atoms with Crippen LogP contribution in [0.3, 0.4) is 0 Å². The molecule has 1 fully saturated rings. The van der Waals surface area contributed by atoms with Crippen LogP contribution < -0.4 is 10.6 Å². The minimum Gasteiger partial charge on any atom is -0.446 e. The molecular weight excluding hydrogens is 444 g/mol. The van der Waals surface area contributed by atoms with Gasteiger partial charge in [-0.1, -0.05) is 81.7 Å². The number of carbonyl (C=O) groups excluding carboxylic acids is 2. The fourth-order valence-corrected chi connectivity index (χ4v) is 4.92. The van der Waals surface area contributed by atoms with Crippen LogP contribution in [0.4, 0.5) is 4.79 Å². The predicted molar refractivity (Wildman–Crippen MR) is 144 cm³/mol. The van der Waals surface area contributed by atoms with Gasteiger partial charge >= 0.3 is 6.09 Å². The van der Waals surface area contributed by atoms with E-state index in [0.717, 1.165) is 49.2 Å². The van der Waals surface area contributed by atoms with E-state index in [1.807, 2.05) is 36.4 Å². The Balaban J connectivity index is 1.48. The van der Waals surface area contributed by atoms with Crippen molar-refractivity contribution < 1.29 is 14.3 Å². The monoisotopic (exact) mass is 488 g/mol. The molecule has 34 heavy (non-hydrogen) atoms. The summed E-state index contributed by atoms with van der Waals surface area (Å²) in [6, 6.07) is 9.79. The number of nitrogens with one attached hydrogen (secondary N) is 2. The molecule has 0 unspecified atom stereocenters. The first-order valence-corrected chi connectivity index (χ1v) is 14.4. The maximum Gasteiger partial charge on any atom is 0.407 e. The number of benzene rings is 1. The average Bonchev–Trinajstić information content (AvgIpc) is 2.87. The number of thioether (sulfide) groups is 1. The van der Waals surface area contributed by atoms with Gasteiger partial charge in [-0.05, 0) is 49.5 Å². The molecule has 0 aliphatic heterocycles. The zero-order valence-electron chi connectivity index (χ0n) is 20.8. The van der Waals surface area contributed by atoms with E-state index in [-0.39, 0.29) is 18.1 Å². The van der Waals surface area contributed by atoms with E-state index < -0.39 is 0 Å². The molecule has 0 spiro atoms. The molecule has 0 saturated heterocycles. The molecule has 1 saturated carbocycles. The van der Waals surface area contributed by atoms with Gasteiger partial charge in [0, 0.05) is 24.9 Å². The Morgan fingerprint density at radius 1 is 0.824 bits per heavy atom. The molecule has 1 aliphatic rings. The van der Waals surface area contributed by atoms with E-state index in [4.69, 9.17) is 4.74 Å². The van der Waals surface area contributed by atoms with E-state index in [0.29, 0.717) is 13.1 Å². The molecule has 0 bridgehead atoms. The van der Waals surface area contributed by atoms with Crippen molar-refractivity contribution in [3.8, 4) is 0 Å². The van der Waals surface area contributed by atoms with Crippen LogP contribution in [-0.4, -0.2) is 42.7 Å². The third kappa shape index (κ3) is 15.0. The van der Waals surface area contributed by atoms with Crippen LogP contribution >= 0.6 is 11.8 Å². The summed E-state index contributed by atoms with van der Waals surface area (Å²) < 4.78 is 5.74. The summed E-state index contributed by atoms with van der Waals surface area (Å²) in [6.45, 7) is 1.27. The van der Waals surface area contributed by atoms with Crippen LogP contribution in [0, 0.1) is 0 Å². The smallest absolute Gasteiger partial charge is 0.407 e. The van der Waals surface area contributed by atoms with Crippen LogP contribution in [0.25, 0.3) is 6.08 Å². The van der Waals surface area contributed by atoms with Crippen LogP contribution in [0.2, 0.25) is 0 Å². The lowest BCUT2D eigenvalue weighted by atomic mass is 10.0. The van der Waals surface area contributed by atoms with Gasteiger partial charge in [-0.15, -0.1) is 0 Å². The maximum absolute atomic E-state index is 12.2. The summed E-state index contributed by atoms with van der Waals surface area (Å²) in [5.74, 6) is 1.73. The van der Waals surface area contributed by atoms with Crippen molar-refractivity contribution in [3.63, 3.8) is 0 Å². The van der Waals surface area contributed by atoms with Crippen molar-refractivity contribution >= 4 is 29.8 Å². The molecule has 5 nitrogen and oxygen atoms in total. The molecule has 1 aromatic carbocycles. The van der Waals surface area contributed by atoms with Crippen molar-refractivity contribution in [3.05, 3.63) is 42.0 Å². The molecule has 2 amide bonds. The Morgan fingerprint density at radius 3 is 2.09 bits per heavy atom. The lowest BCUT2D eigenvalue weighted by molar-refractivity contribution is -0.116. The lowest BCUT2D eigenvalue weighted by Gasteiger charge is -2.18. The van der Waals surface area contributed by atoms with Crippen molar-refractivity contribution in [1.29, 1.82) is 0 Å². The fourth-order valence-electron chi connectivity index (χ4n) is 4.12. The van der Waals surface area contributed by atoms with Gasteiger partial charge in [0.15, 0.2) is 0 Å². The Morgan fingerprint density at radius 2 is 1.44 bits per heavy atom. The molecule has 2 N–H and O–H groups in total. The highest BCUT2D eigenvalue weighted by molar-refractivity contribution is 7.99. The van der Waals surface area contributed by atoms with Crippen molar-refractivity contribution in [2.75, 3.05) is 24.6 Å². The molecule has 0 aromatic heterocycles.